The van der Waals surface area contributed by atoms with Crippen LogP contribution in [-0.2, 0) is 14.4 Å². The van der Waals surface area contributed by atoms with Gasteiger partial charge in [-0.25, -0.2) is 0 Å². The van der Waals surface area contributed by atoms with E-state index in [-0.39, 0.29) is 30.4 Å². The SMILES string of the molecule is COc1cc(OC)c(NC(=O)CSc2ccc(NC(=O)CCC(=O)O)cc2)cc1Cl. The van der Waals surface area contributed by atoms with Crippen molar-refractivity contribution < 1.29 is 29.0 Å². The van der Waals surface area contributed by atoms with E-state index in [1.807, 2.05) is 0 Å². The zero-order chi connectivity index (χ0) is 22.1. The van der Waals surface area contributed by atoms with Gasteiger partial charge in [-0.2, -0.15) is 0 Å². The minimum atomic E-state index is -1.02. The maximum atomic E-state index is 12.3. The lowest BCUT2D eigenvalue weighted by molar-refractivity contribution is -0.138. The van der Waals surface area contributed by atoms with Gasteiger partial charge in [0.25, 0.3) is 0 Å². The van der Waals surface area contributed by atoms with E-state index in [4.69, 9.17) is 26.2 Å². The van der Waals surface area contributed by atoms with Crippen LogP contribution in [0.4, 0.5) is 11.4 Å². The van der Waals surface area contributed by atoms with Crippen LogP contribution in [0.2, 0.25) is 5.02 Å². The number of carboxylic acid groups (broad SMARTS) is 1. The van der Waals surface area contributed by atoms with Crippen LogP contribution in [0.15, 0.2) is 41.3 Å². The first-order chi connectivity index (χ1) is 14.3. The summed E-state index contributed by atoms with van der Waals surface area (Å²) in [5, 5.41) is 14.3. The summed E-state index contributed by atoms with van der Waals surface area (Å²) in [7, 11) is 2.97. The Bertz CT molecular complexity index is 920. The van der Waals surface area contributed by atoms with Crippen molar-refractivity contribution in [2.75, 3.05) is 30.6 Å². The van der Waals surface area contributed by atoms with E-state index >= 15 is 0 Å². The Labute approximate surface area is 182 Å². The van der Waals surface area contributed by atoms with Crippen LogP contribution in [0.25, 0.3) is 0 Å². The normalized spacial score (nSPS) is 10.2. The molecule has 2 amide bonds. The van der Waals surface area contributed by atoms with E-state index in [2.05, 4.69) is 10.6 Å². The molecule has 0 bridgehead atoms. The molecule has 0 aliphatic heterocycles. The van der Waals surface area contributed by atoms with Crippen molar-refractivity contribution in [2.24, 2.45) is 0 Å². The fraction of sp³-hybridized carbons (Fsp3) is 0.250. The Morgan fingerprint density at radius 2 is 1.63 bits per heavy atom. The van der Waals surface area contributed by atoms with E-state index in [1.165, 1.54) is 26.0 Å². The third-order valence-corrected chi connectivity index (χ3v) is 5.13. The first kappa shape index (κ1) is 23.4. The van der Waals surface area contributed by atoms with Crippen molar-refractivity contribution in [1.29, 1.82) is 0 Å². The number of rotatable bonds is 10. The Morgan fingerprint density at radius 1 is 0.967 bits per heavy atom. The number of anilines is 2. The minimum absolute atomic E-state index is 0.0924. The van der Waals surface area contributed by atoms with Gasteiger partial charge < -0.3 is 25.2 Å². The summed E-state index contributed by atoms with van der Waals surface area (Å²) in [5.74, 6) is -0.620. The van der Waals surface area contributed by atoms with E-state index in [9.17, 15) is 14.4 Å². The van der Waals surface area contributed by atoms with E-state index in [0.717, 1.165) is 4.90 Å². The Balaban J connectivity index is 1.88. The van der Waals surface area contributed by atoms with E-state index in [0.29, 0.717) is 27.9 Å². The fourth-order valence-electron chi connectivity index (χ4n) is 2.37. The van der Waals surface area contributed by atoms with E-state index in [1.54, 1.807) is 36.4 Å². The number of halogens is 1. The number of nitrogens with one attached hydrogen (secondary N) is 2. The van der Waals surface area contributed by atoms with Gasteiger partial charge >= 0.3 is 5.97 Å². The molecular weight excluding hydrogens is 432 g/mol. The minimum Gasteiger partial charge on any atom is -0.495 e. The van der Waals surface area contributed by atoms with E-state index < -0.39 is 5.97 Å². The topological polar surface area (TPSA) is 114 Å². The molecule has 0 aliphatic carbocycles. The van der Waals surface area contributed by atoms with Crippen molar-refractivity contribution in [3.63, 3.8) is 0 Å². The zero-order valence-corrected chi connectivity index (χ0v) is 17.9. The average molecular weight is 453 g/mol. The molecule has 0 saturated heterocycles. The van der Waals surface area contributed by atoms with Gasteiger partial charge in [-0.3, -0.25) is 14.4 Å². The number of amides is 2. The van der Waals surface area contributed by atoms with Crippen molar-refractivity contribution in [3.05, 3.63) is 41.4 Å². The molecule has 2 rings (SSSR count). The van der Waals surface area contributed by atoms with Gasteiger partial charge in [-0.1, -0.05) is 11.6 Å². The number of benzene rings is 2. The molecule has 0 atom stereocenters. The highest BCUT2D eigenvalue weighted by Crippen LogP contribution is 2.36. The lowest BCUT2D eigenvalue weighted by Crippen LogP contribution is -2.15. The summed E-state index contributed by atoms with van der Waals surface area (Å²) in [6, 6.07) is 10.0. The second-order valence-electron chi connectivity index (χ2n) is 5.99. The van der Waals surface area contributed by atoms with Gasteiger partial charge in [0.05, 0.1) is 37.1 Å². The molecule has 0 unspecified atom stereocenters. The van der Waals surface area contributed by atoms with Gasteiger partial charge in [0.15, 0.2) is 0 Å². The number of hydrogen-bond donors (Lipinski definition) is 3. The predicted octanol–water partition coefficient (Wildman–Crippen LogP) is 3.89. The largest absolute Gasteiger partial charge is 0.495 e. The van der Waals surface area contributed by atoms with Gasteiger partial charge in [0.2, 0.25) is 11.8 Å². The lowest BCUT2D eigenvalue weighted by Gasteiger charge is -2.13. The first-order valence-corrected chi connectivity index (χ1v) is 10.1. The number of ether oxygens (including phenoxy) is 2. The maximum Gasteiger partial charge on any atom is 0.303 e. The van der Waals surface area contributed by atoms with Crippen LogP contribution >= 0.6 is 23.4 Å². The number of thioether (sulfide) groups is 1. The third-order valence-electron chi connectivity index (χ3n) is 3.82. The van der Waals surface area contributed by atoms with Crippen LogP contribution in [0.5, 0.6) is 11.5 Å². The van der Waals surface area contributed by atoms with Crippen LogP contribution in [-0.4, -0.2) is 42.9 Å². The Morgan fingerprint density at radius 3 is 2.23 bits per heavy atom. The molecule has 0 saturated carbocycles. The van der Waals surface area contributed by atoms with Crippen molar-refractivity contribution in [3.8, 4) is 11.5 Å². The molecule has 0 aromatic heterocycles. The number of carbonyl (C=O) groups is 3. The fourth-order valence-corrected chi connectivity index (χ4v) is 3.31. The monoisotopic (exact) mass is 452 g/mol. The summed E-state index contributed by atoms with van der Waals surface area (Å²) >= 11 is 7.42. The molecule has 160 valence electrons. The van der Waals surface area contributed by atoms with Crippen LogP contribution in [0, 0.1) is 0 Å². The standard InChI is InChI=1S/C20H21ClN2O6S/c1-28-16-10-17(29-2)15(9-14(16)21)23-19(25)11-30-13-5-3-12(4-6-13)22-18(24)7-8-20(26)27/h3-6,9-10H,7-8,11H2,1-2H3,(H,22,24)(H,23,25)(H,26,27). The van der Waals surface area contributed by atoms with Crippen molar-refractivity contribution in [2.45, 2.75) is 17.7 Å². The van der Waals surface area contributed by atoms with Gasteiger partial charge in [0.1, 0.15) is 11.5 Å². The Kier molecular flexibility index (Phi) is 8.82. The van der Waals surface area contributed by atoms with Crippen LogP contribution in [0.3, 0.4) is 0 Å². The summed E-state index contributed by atoms with van der Waals surface area (Å²) < 4.78 is 10.4. The number of methoxy groups -OCH3 is 2. The molecule has 8 nitrogen and oxygen atoms in total. The van der Waals surface area contributed by atoms with Crippen molar-refractivity contribution >= 4 is 52.5 Å². The lowest BCUT2D eigenvalue weighted by atomic mass is 10.2. The smallest absolute Gasteiger partial charge is 0.303 e. The summed E-state index contributed by atoms with van der Waals surface area (Å²) in [6.07, 6.45) is -0.316. The molecular formula is C20H21ClN2O6S. The summed E-state index contributed by atoms with van der Waals surface area (Å²) in [4.78, 5) is 35.3. The average Bonchev–Trinajstić information content (AvgIpc) is 2.72. The molecule has 3 N–H and O–H groups in total. The molecule has 0 aliphatic rings. The predicted molar refractivity (Wildman–Crippen MR) is 116 cm³/mol. The number of carbonyl (C=O) groups excluding carboxylic acids is 2. The second kappa shape index (κ2) is 11.3. The quantitative estimate of drug-likeness (QED) is 0.468. The molecule has 2 aromatic carbocycles. The van der Waals surface area contributed by atoms with Crippen LogP contribution < -0.4 is 20.1 Å². The maximum absolute atomic E-state index is 12.3. The van der Waals surface area contributed by atoms with Gasteiger partial charge in [-0.05, 0) is 30.3 Å². The zero-order valence-electron chi connectivity index (χ0n) is 16.4. The summed E-state index contributed by atoms with van der Waals surface area (Å²) in [5.41, 5.74) is 0.991. The van der Waals surface area contributed by atoms with Crippen LogP contribution in [0.1, 0.15) is 12.8 Å². The third kappa shape index (κ3) is 7.16. The first-order valence-electron chi connectivity index (χ1n) is 8.78. The number of hydrogen-bond acceptors (Lipinski definition) is 6. The molecule has 0 spiro atoms. The highest BCUT2D eigenvalue weighted by molar-refractivity contribution is 8.00. The van der Waals surface area contributed by atoms with Crippen molar-refractivity contribution in [1.82, 2.24) is 0 Å². The number of aliphatic carboxylic acids is 1. The highest BCUT2D eigenvalue weighted by atomic mass is 35.5. The Hall–Kier alpha value is -2.91. The highest BCUT2D eigenvalue weighted by Gasteiger charge is 2.13. The molecule has 2 aromatic rings. The molecule has 0 radical (unpaired) electrons. The van der Waals surface area contributed by atoms with Gasteiger partial charge in [-0.15, -0.1) is 11.8 Å². The second-order valence-corrected chi connectivity index (χ2v) is 7.45. The molecule has 30 heavy (non-hydrogen) atoms. The van der Waals surface area contributed by atoms with Gasteiger partial charge in [0, 0.05) is 23.1 Å². The molecule has 0 heterocycles. The summed E-state index contributed by atoms with van der Waals surface area (Å²) in [6.45, 7) is 0. The number of carboxylic acids is 1. The molecule has 10 heteroatoms. The molecule has 0 fully saturated rings.